The van der Waals surface area contributed by atoms with Crippen LogP contribution in [0, 0.1) is 0 Å². The molecule has 0 aromatic heterocycles. The van der Waals surface area contributed by atoms with Crippen LogP contribution < -0.4 is 11.5 Å². The molecule has 0 aliphatic carbocycles. The molecule has 0 heterocycles. The third kappa shape index (κ3) is 4.29. The van der Waals surface area contributed by atoms with E-state index in [0.717, 1.165) is 0 Å². The number of carboxylic acids is 1. The van der Waals surface area contributed by atoms with Crippen molar-refractivity contribution in [2.75, 3.05) is 6.50 Å². The Balaban J connectivity index is 3.84. The van der Waals surface area contributed by atoms with E-state index >= 15 is 0 Å². The first-order valence-corrected chi connectivity index (χ1v) is 2.96. The molecule has 0 saturated carbocycles. The molecule has 4 nitrogen and oxygen atoms in total. The average molecular weight is 151 g/mol. The fourth-order valence-electron chi connectivity index (χ4n) is 0.488. The SMILES string of the molecule is [2H][13C]([2H])(N)CCC[13C@@]([2H])(N)C(=O)O. The molecule has 0 saturated heterocycles. The highest BCUT2D eigenvalue weighted by Crippen LogP contribution is 1.96. The normalized spacial score (nSPS) is 22.0. The van der Waals surface area contributed by atoms with Gasteiger partial charge in [0.1, 0.15) is 6.02 Å². The maximum absolute atomic E-state index is 10.3. The van der Waals surface area contributed by atoms with Crippen molar-refractivity contribution in [1.82, 2.24) is 0 Å². The standard InChI is InChI=1S/C6H14N2O2/c7-4-2-1-3-5(8)6(9)10/h5H,1-4,7-8H2,(H,9,10)/t5-/m1/s1/i4+1D2,5+1D. The Morgan fingerprint density at radius 2 is 2.40 bits per heavy atom. The molecule has 0 aliphatic rings. The Bertz CT molecular complexity index is 191. The number of hydrogen-bond donors (Lipinski definition) is 3. The van der Waals surface area contributed by atoms with Gasteiger partial charge < -0.3 is 16.6 Å². The molecule has 0 unspecified atom stereocenters. The quantitative estimate of drug-likeness (QED) is 0.463. The second-order valence-electron chi connectivity index (χ2n) is 1.89. The van der Waals surface area contributed by atoms with Gasteiger partial charge in [0.05, 0.1) is 1.37 Å². The lowest BCUT2D eigenvalue weighted by Gasteiger charge is -2.03. The van der Waals surface area contributed by atoms with Crippen molar-refractivity contribution in [2.24, 2.45) is 11.5 Å². The van der Waals surface area contributed by atoms with Crippen molar-refractivity contribution < 1.29 is 14.0 Å². The lowest BCUT2D eigenvalue weighted by atomic mass is 10.3. The Morgan fingerprint density at radius 1 is 1.80 bits per heavy atom. The van der Waals surface area contributed by atoms with Crippen LogP contribution in [0.3, 0.4) is 0 Å². The van der Waals surface area contributed by atoms with E-state index in [1.165, 1.54) is 0 Å². The van der Waals surface area contributed by atoms with Crippen LogP contribution in [0.4, 0.5) is 0 Å². The summed E-state index contributed by atoms with van der Waals surface area (Å²) in [6.45, 7) is -1.82. The maximum Gasteiger partial charge on any atom is 0.320 e. The van der Waals surface area contributed by atoms with Crippen molar-refractivity contribution in [3.8, 4) is 0 Å². The minimum absolute atomic E-state index is 0.00188. The Kier molecular flexibility index (Phi) is 2.65. The van der Waals surface area contributed by atoms with Crippen molar-refractivity contribution in [2.45, 2.75) is 25.3 Å². The summed E-state index contributed by atoms with van der Waals surface area (Å²) in [4.78, 5) is 10.3. The van der Waals surface area contributed by atoms with Gasteiger partial charge in [-0.05, 0) is 19.3 Å². The summed E-state index contributed by atoms with van der Waals surface area (Å²) in [7, 11) is 0. The summed E-state index contributed by atoms with van der Waals surface area (Å²) >= 11 is 0. The third-order valence-electron chi connectivity index (χ3n) is 1.04. The fourth-order valence-corrected chi connectivity index (χ4v) is 0.488. The average Bonchev–Trinajstić information content (AvgIpc) is 1.82. The zero-order valence-electron chi connectivity index (χ0n) is 8.63. The van der Waals surface area contributed by atoms with E-state index in [4.69, 9.17) is 20.7 Å². The molecular weight excluding hydrogens is 134 g/mol. The number of carbonyl (C=O) groups is 1. The minimum Gasteiger partial charge on any atom is -0.480 e. The zero-order chi connectivity index (χ0) is 10.7. The first kappa shape index (κ1) is 5.09. The molecule has 60 valence electrons. The molecule has 0 bridgehead atoms. The molecule has 0 fully saturated rings. The van der Waals surface area contributed by atoms with Crippen molar-refractivity contribution in [1.29, 1.82) is 0 Å². The highest BCUT2D eigenvalue weighted by atomic mass is 16.4. The minimum atomic E-state index is -2.04. The van der Waals surface area contributed by atoms with Crippen molar-refractivity contribution in [3.63, 3.8) is 0 Å². The van der Waals surface area contributed by atoms with E-state index in [2.05, 4.69) is 0 Å². The van der Waals surface area contributed by atoms with Crippen LogP contribution in [-0.2, 0) is 4.79 Å². The monoisotopic (exact) mass is 151 g/mol. The first-order chi connectivity index (χ1) is 5.65. The largest absolute Gasteiger partial charge is 0.480 e. The van der Waals surface area contributed by atoms with Crippen LogP contribution in [0.2, 0.25) is 0 Å². The van der Waals surface area contributed by atoms with Gasteiger partial charge in [0.2, 0.25) is 0 Å². The number of carboxylic acid groups (broad SMARTS) is 1. The van der Waals surface area contributed by atoms with Gasteiger partial charge >= 0.3 is 5.97 Å². The van der Waals surface area contributed by atoms with E-state index in [0.29, 0.717) is 0 Å². The van der Waals surface area contributed by atoms with E-state index < -0.39 is 18.5 Å². The molecular formula is C6H14N2O2. The number of nitrogens with two attached hydrogens (primary N) is 2. The van der Waals surface area contributed by atoms with Crippen molar-refractivity contribution in [3.05, 3.63) is 0 Å². The maximum atomic E-state index is 10.3. The predicted molar refractivity (Wildman–Crippen MR) is 38.5 cm³/mol. The van der Waals surface area contributed by atoms with Crippen LogP contribution >= 0.6 is 0 Å². The highest BCUT2D eigenvalue weighted by molar-refractivity contribution is 5.72. The van der Waals surface area contributed by atoms with Crippen molar-refractivity contribution >= 4 is 5.97 Å². The molecule has 10 heavy (non-hydrogen) atoms. The molecule has 0 rings (SSSR count). The summed E-state index contributed by atoms with van der Waals surface area (Å²) in [6, 6.07) is -2.04. The van der Waals surface area contributed by atoms with Crippen LogP contribution in [0.5, 0.6) is 0 Å². The lowest BCUT2D eigenvalue weighted by Crippen LogP contribution is -2.29. The second kappa shape index (κ2) is 5.20. The Labute approximate surface area is 64.4 Å². The second-order valence-corrected chi connectivity index (χ2v) is 1.89. The molecule has 0 aromatic carbocycles. The van der Waals surface area contributed by atoms with Crippen LogP contribution in [0.1, 0.15) is 23.4 Å². The van der Waals surface area contributed by atoms with Crippen LogP contribution in [0.25, 0.3) is 0 Å². The summed E-state index contributed by atoms with van der Waals surface area (Å²) < 4.78 is 21.0. The predicted octanol–water partition coefficient (Wildman–Crippen LogP) is -0.473. The lowest BCUT2D eigenvalue weighted by molar-refractivity contribution is -0.138. The summed E-state index contributed by atoms with van der Waals surface area (Å²) in [5, 5.41) is 8.43. The van der Waals surface area contributed by atoms with E-state index in [1.54, 1.807) is 0 Å². The number of hydrogen-bond acceptors (Lipinski definition) is 3. The van der Waals surface area contributed by atoms with Crippen LogP contribution in [0.15, 0.2) is 0 Å². The molecule has 0 spiro atoms. The van der Waals surface area contributed by atoms with Gasteiger partial charge in [-0.15, -0.1) is 0 Å². The fraction of sp³-hybridized carbons (Fsp3) is 0.833. The van der Waals surface area contributed by atoms with Gasteiger partial charge in [0, 0.05) is 2.74 Å². The summed E-state index contributed by atoms with van der Waals surface area (Å²) in [5.74, 6) is -1.41. The van der Waals surface area contributed by atoms with Gasteiger partial charge in [0.15, 0.2) is 0 Å². The molecule has 0 aliphatic heterocycles. The summed E-state index contributed by atoms with van der Waals surface area (Å²) in [6.07, 6.45) is 0.0625. The van der Waals surface area contributed by atoms with Gasteiger partial charge in [-0.3, -0.25) is 4.79 Å². The van der Waals surface area contributed by atoms with Gasteiger partial charge in [-0.2, -0.15) is 0 Å². The van der Waals surface area contributed by atoms with E-state index in [9.17, 15) is 4.79 Å². The molecule has 4 heteroatoms. The van der Waals surface area contributed by atoms with E-state index in [-0.39, 0.29) is 19.3 Å². The Morgan fingerprint density at radius 3 is 2.80 bits per heavy atom. The Hall–Kier alpha value is -0.610. The van der Waals surface area contributed by atoms with Gasteiger partial charge in [-0.25, -0.2) is 0 Å². The molecule has 0 amide bonds. The van der Waals surface area contributed by atoms with Gasteiger partial charge in [0.25, 0.3) is 0 Å². The molecule has 5 N–H and O–H groups in total. The number of aliphatic carboxylic acids is 1. The molecule has 0 aromatic rings. The highest BCUT2D eigenvalue weighted by Gasteiger charge is 2.09. The smallest absolute Gasteiger partial charge is 0.320 e. The van der Waals surface area contributed by atoms with Gasteiger partial charge in [-0.1, -0.05) is 6.42 Å². The van der Waals surface area contributed by atoms with Crippen LogP contribution in [-0.4, -0.2) is 23.6 Å². The zero-order valence-corrected chi connectivity index (χ0v) is 5.63. The molecule has 0 radical (unpaired) electrons. The summed E-state index contributed by atoms with van der Waals surface area (Å²) in [5.41, 5.74) is 10.1. The number of rotatable bonds is 5. The molecule has 1 atom stereocenters. The third-order valence-corrected chi connectivity index (χ3v) is 1.04. The van der Waals surface area contributed by atoms with E-state index in [1.807, 2.05) is 0 Å². The first-order valence-electron chi connectivity index (χ1n) is 4.46. The topological polar surface area (TPSA) is 89.3 Å².